The second kappa shape index (κ2) is 7.42. The van der Waals surface area contributed by atoms with Crippen molar-refractivity contribution in [3.8, 4) is 11.5 Å². The van der Waals surface area contributed by atoms with E-state index in [2.05, 4.69) is 0 Å². The topological polar surface area (TPSA) is 60.8 Å². The number of hydrogen-bond donors (Lipinski definition) is 0. The Bertz CT molecular complexity index is 795. The van der Waals surface area contributed by atoms with Crippen LogP contribution in [0, 0.1) is 0 Å². The van der Waals surface area contributed by atoms with Crippen LogP contribution in [0.4, 0.5) is 0 Å². The second-order valence-electron chi connectivity index (χ2n) is 6.11. The van der Waals surface area contributed by atoms with E-state index in [1.165, 1.54) is 12.1 Å². The first-order valence-electron chi connectivity index (χ1n) is 8.27. The maximum absolute atomic E-state index is 12.5. The van der Waals surface area contributed by atoms with Gasteiger partial charge in [0.05, 0.1) is 14.2 Å². The largest absolute Gasteiger partial charge is 0.493 e. The van der Waals surface area contributed by atoms with E-state index in [0.29, 0.717) is 18.8 Å². The van der Waals surface area contributed by atoms with Gasteiger partial charge in [-0.2, -0.15) is 0 Å². The Hall–Kier alpha value is -2.76. The SMILES string of the molecule is COc1cccc(C2CCN(C(=O)Cn3ccc(=O)cc3)C2)c1OC. The highest BCUT2D eigenvalue weighted by Crippen LogP contribution is 2.39. The Morgan fingerprint density at radius 1 is 1.16 bits per heavy atom. The van der Waals surface area contributed by atoms with Crippen molar-refractivity contribution >= 4 is 5.91 Å². The summed E-state index contributed by atoms with van der Waals surface area (Å²) in [5.41, 5.74) is 1.01. The zero-order valence-corrected chi connectivity index (χ0v) is 14.5. The van der Waals surface area contributed by atoms with Gasteiger partial charge in [0.25, 0.3) is 0 Å². The molecule has 1 aliphatic heterocycles. The highest BCUT2D eigenvalue weighted by Gasteiger charge is 2.29. The zero-order valence-electron chi connectivity index (χ0n) is 14.5. The molecule has 1 fully saturated rings. The van der Waals surface area contributed by atoms with Gasteiger partial charge in [0, 0.05) is 49.1 Å². The quantitative estimate of drug-likeness (QED) is 0.832. The Balaban J connectivity index is 1.70. The minimum atomic E-state index is -0.0601. The number of amides is 1. The van der Waals surface area contributed by atoms with Gasteiger partial charge >= 0.3 is 0 Å². The van der Waals surface area contributed by atoms with E-state index in [9.17, 15) is 9.59 Å². The highest BCUT2D eigenvalue weighted by atomic mass is 16.5. The molecule has 132 valence electrons. The number of aromatic nitrogens is 1. The molecule has 1 amide bonds. The van der Waals surface area contributed by atoms with Gasteiger partial charge in [-0.05, 0) is 12.5 Å². The zero-order chi connectivity index (χ0) is 17.8. The fourth-order valence-electron chi connectivity index (χ4n) is 3.28. The van der Waals surface area contributed by atoms with Crippen LogP contribution in [0.15, 0.2) is 47.5 Å². The van der Waals surface area contributed by atoms with Gasteiger partial charge in [-0.3, -0.25) is 9.59 Å². The van der Waals surface area contributed by atoms with Crippen LogP contribution >= 0.6 is 0 Å². The van der Waals surface area contributed by atoms with Crippen molar-refractivity contribution < 1.29 is 14.3 Å². The number of hydrogen-bond acceptors (Lipinski definition) is 4. The van der Waals surface area contributed by atoms with Gasteiger partial charge in [0.1, 0.15) is 6.54 Å². The number of rotatable bonds is 5. The lowest BCUT2D eigenvalue weighted by Gasteiger charge is -2.19. The van der Waals surface area contributed by atoms with Crippen LogP contribution in [-0.2, 0) is 11.3 Å². The highest BCUT2D eigenvalue weighted by molar-refractivity contribution is 5.76. The molecule has 3 rings (SSSR count). The van der Waals surface area contributed by atoms with E-state index in [1.807, 2.05) is 23.1 Å². The monoisotopic (exact) mass is 342 g/mol. The van der Waals surface area contributed by atoms with Crippen molar-refractivity contribution in [3.63, 3.8) is 0 Å². The smallest absolute Gasteiger partial charge is 0.242 e. The van der Waals surface area contributed by atoms with Gasteiger partial charge in [-0.15, -0.1) is 0 Å². The fourth-order valence-corrected chi connectivity index (χ4v) is 3.28. The lowest BCUT2D eigenvalue weighted by atomic mass is 9.97. The summed E-state index contributed by atoms with van der Waals surface area (Å²) in [6.07, 6.45) is 4.16. The molecule has 25 heavy (non-hydrogen) atoms. The molecule has 2 heterocycles. The maximum Gasteiger partial charge on any atom is 0.242 e. The molecule has 1 atom stereocenters. The molecular formula is C19H22N2O4. The van der Waals surface area contributed by atoms with Crippen molar-refractivity contribution in [1.82, 2.24) is 9.47 Å². The molecule has 0 spiro atoms. The molecular weight excluding hydrogens is 320 g/mol. The van der Waals surface area contributed by atoms with Gasteiger partial charge < -0.3 is 18.9 Å². The van der Waals surface area contributed by atoms with Crippen LogP contribution in [0.25, 0.3) is 0 Å². The van der Waals surface area contributed by atoms with Crippen LogP contribution in [0.1, 0.15) is 17.9 Å². The minimum Gasteiger partial charge on any atom is -0.493 e. The van der Waals surface area contributed by atoms with Crippen LogP contribution in [0.2, 0.25) is 0 Å². The lowest BCUT2D eigenvalue weighted by molar-refractivity contribution is -0.130. The fraction of sp³-hybridized carbons (Fsp3) is 0.368. The number of nitrogens with zero attached hydrogens (tertiary/aromatic N) is 2. The molecule has 2 aromatic rings. The van der Waals surface area contributed by atoms with Gasteiger partial charge in [0.2, 0.25) is 5.91 Å². The number of benzene rings is 1. The first-order valence-corrected chi connectivity index (χ1v) is 8.27. The summed E-state index contributed by atoms with van der Waals surface area (Å²) >= 11 is 0. The third-order valence-corrected chi connectivity index (χ3v) is 4.59. The Labute approximate surface area is 146 Å². The molecule has 0 N–H and O–H groups in total. The summed E-state index contributed by atoms with van der Waals surface area (Å²) in [6.45, 7) is 1.61. The molecule has 0 radical (unpaired) electrons. The van der Waals surface area contributed by atoms with Crippen molar-refractivity contribution in [1.29, 1.82) is 0 Å². The van der Waals surface area contributed by atoms with Crippen LogP contribution < -0.4 is 14.9 Å². The number of ether oxygens (including phenoxy) is 2. The first-order chi connectivity index (χ1) is 12.1. The third kappa shape index (κ3) is 3.68. The molecule has 6 nitrogen and oxygen atoms in total. The molecule has 0 bridgehead atoms. The van der Waals surface area contributed by atoms with E-state index < -0.39 is 0 Å². The second-order valence-corrected chi connectivity index (χ2v) is 6.11. The Morgan fingerprint density at radius 2 is 1.92 bits per heavy atom. The summed E-state index contributed by atoms with van der Waals surface area (Å²) in [5.74, 6) is 1.72. The Kier molecular flexibility index (Phi) is 5.07. The van der Waals surface area contributed by atoms with Crippen molar-refractivity contribution in [2.75, 3.05) is 27.3 Å². The summed E-state index contributed by atoms with van der Waals surface area (Å²) in [4.78, 5) is 25.5. The molecule has 1 aromatic carbocycles. The third-order valence-electron chi connectivity index (χ3n) is 4.59. The minimum absolute atomic E-state index is 0.0491. The average Bonchev–Trinajstić information content (AvgIpc) is 3.13. The van der Waals surface area contributed by atoms with E-state index in [-0.39, 0.29) is 23.8 Å². The van der Waals surface area contributed by atoms with E-state index >= 15 is 0 Å². The lowest BCUT2D eigenvalue weighted by Crippen LogP contribution is -2.31. The van der Waals surface area contributed by atoms with Crippen molar-refractivity contribution in [3.05, 3.63) is 58.5 Å². The predicted molar refractivity (Wildman–Crippen MR) is 94.2 cm³/mol. The summed E-state index contributed by atoms with van der Waals surface area (Å²) in [7, 11) is 3.26. The van der Waals surface area contributed by atoms with Gasteiger partial charge in [-0.1, -0.05) is 12.1 Å². The molecule has 1 unspecified atom stereocenters. The summed E-state index contributed by atoms with van der Waals surface area (Å²) in [5, 5.41) is 0. The van der Waals surface area contributed by atoms with Crippen molar-refractivity contribution in [2.24, 2.45) is 0 Å². The van der Waals surface area contributed by atoms with Gasteiger partial charge in [-0.25, -0.2) is 0 Å². The number of para-hydroxylation sites is 1. The molecule has 6 heteroatoms. The van der Waals surface area contributed by atoms with Crippen LogP contribution in [0.3, 0.4) is 0 Å². The van der Waals surface area contributed by atoms with Crippen LogP contribution in [-0.4, -0.2) is 42.7 Å². The number of likely N-dealkylation sites (tertiary alicyclic amines) is 1. The number of methoxy groups -OCH3 is 2. The molecule has 0 saturated carbocycles. The number of pyridine rings is 1. The number of carbonyl (C=O) groups excluding carboxylic acids is 1. The molecule has 1 aromatic heterocycles. The van der Waals surface area contributed by atoms with E-state index in [4.69, 9.17) is 9.47 Å². The normalized spacial score (nSPS) is 16.7. The van der Waals surface area contributed by atoms with Crippen LogP contribution in [0.5, 0.6) is 11.5 Å². The van der Waals surface area contributed by atoms with Gasteiger partial charge in [0.15, 0.2) is 16.9 Å². The molecule has 1 saturated heterocycles. The van der Waals surface area contributed by atoms with E-state index in [0.717, 1.165) is 17.7 Å². The average molecular weight is 342 g/mol. The summed E-state index contributed by atoms with van der Waals surface area (Å²) in [6, 6.07) is 8.77. The molecule has 0 aliphatic carbocycles. The summed E-state index contributed by atoms with van der Waals surface area (Å²) < 4.78 is 12.6. The van der Waals surface area contributed by atoms with Crippen molar-refractivity contribution in [2.45, 2.75) is 18.9 Å². The molecule has 1 aliphatic rings. The Morgan fingerprint density at radius 3 is 2.60 bits per heavy atom. The first kappa shape index (κ1) is 17.1. The number of carbonyl (C=O) groups is 1. The maximum atomic E-state index is 12.5. The standard InChI is InChI=1S/C19H22N2O4/c1-24-17-5-3-4-16(19(17)25-2)14-6-11-21(12-14)18(23)13-20-9-7-15(22)8-10-20/h3-5,7-10,14H,6,11-13H2,1-2H3. The van der Waals surface area contributed by atoms with E-state index in [1.54, 1.807) is 31.2 Å². The predicted octanol–water partition coefficient (Wildman–Crippen LogP) is 1.88.